The average molecular weight is 198 g/mol. The molecule has 0 saturated carbocycles. The van der Waals surface area contributed by atoms with E-state index in [4.69, 9.17) is 10.5 Å². The number of carbonyl (C=O) groups is 1. The fourth-order valence-electron chi connectivity index (χ4n) is 0.779. The van der Waals surface area contributed by atoms with Gasteiger partial charge in [0.2, 0.25) is 0 Å². The summed E-state index contributed by atoms with van der Waals surface area (Å²) < 4.78 is 5.03. The first kappa shape index (κ1) is 12.6. The van der Waals surface area contributed by atoms with Gasteiger partial charge in [0.1, 0.15) is 5.60 Å². The first-order valence-electron chi connectivity index (χ1n) is 4.33. The van der Waals surface area contributed by atoms with Gasteiger partial charge in [-0.2, -0.15) is 0 Å². The normalized spacial score (nSPS) is 12.1. The van der Waals surface area contributed by atoms with E-state index < -0.39 is 11.7 Å². The smallest absolute Gasteiger partial charge is 0.411 e. The zero-order valence-electron chi connectivity index (χ0n) is 9.18. The van der Waals surface area contributed by atoms with Crippen LogP contribution in [0, 0.1) is 0 Å². The molecule has 0 saturated heterocycles. The highest BCUT2D eigenvalue weighted by atomic mass is 16.6. The number of hydrogen-bond acceptors (Lipinski definition) is 3. The minimum absolute atomic E-state index is 0.388. The summed E-state index contributed by atoms with van der Waals surface area (Å²) in [6.07, 6.45) is 1.07. The first-order chi connectivity index (χ1) is 6.20. The van der Waals surface area contributed by atoms with Crippen molar-refractivity contribution in [2.45, 2.75) is 33.3 Å². The number of nitrogens with one attached hydrogen (secondary N) is 1. The number of allylic oxidation sites excluding steroid dienone is 2. The van der Waals surface area contributed by atoms with E-state index in [0.717, 1.165) is 0 Å². The molecule has 0 aliphatic carbocycles. The topological polar surface area (TPSA) is 64.3 Å². The fraction of sp³-hybridized carbons (Fsp3) is 0.500. The first-order valence-corrected chi connectivity index (χ1v) is 4.33. The molecule has 0 rings (SSSR count). The molecule has 0 radical (unpaired) electrons. The summed E-state index contributed by atoms with van der Waals surface area (Å²) in [5.41, 5.74) is 5.83. The van der Waals surface area contributed by atoms with Crippen LogP contribution >= 0.6 is 0 Å². The van der Waals surface area contributed by atoms with Crippen molar-refractivity contribution in [3.8, 4) is 0 Å². The molecule has 1 amide bonds. The van der Waals surface area contributed by atoms with E-state index in [-0.39, 0.29) is 0 Å². The lowest BCUT2D eigenvalue weighted by Gasteiger charge is -2.19. The van der Waals surface area contributed by atoms with Crippen LogP contribution in [0.3, 0.4) is 0 Å². The maximum atomic E-state index is 11.2. The van der Waals surface area contributed by atoms with Crippen LogP contribution in [0.5, 0.6) is 0 Å². The second kappa shape index (κ2) is 4.69. The van der Waals surface area contributed by atoms with Crippen LogP contribution in [0.1, 0.15) is 27.7 Å². The zero-order valence-corrected chi connectivity index (χ0v) is 9.18. The molecule has 0 spiro atoms. The van der Waals surface area contributed by atoms with Crippen molar-refractivity contribution >= 4 is 6.09 Å². The Balaban J connectivity index is 4.14. The van der Waals surface area contributed by atoms with Crippen molar-refractivity contribution < 1.29 is 9.53 Å². The standard InChI is InChI=1S/C10H18N2O2/c1-7(11)6-8(2)12-9(13)14-10(3,4)5/h6H,1,11H2,2-5H3,(H,12,13)/b8-6+. The molecule has 0 bridgehead atoms. The molecule has 0 aromatic heterocycles. The molecular formula is C10H18N2O2. The molecule has 4 heteroatoms. The van der Waals surface area contributed by atoms with Crippen LogP contribution in [0.2, 0.25) is 0 Å². The number of rotatable bonds is 2. The van der Waals surface area contributed by atoms with Gasteiger partial charge in [-0.25, -0.2) is 4.79 Å². The molecule has 0 aliphatic rings. The lowest BCUT2D eigenvalue weighted by Crippen LogP contribution is -2.31. The van der Waals surface area contributed by atoms with E-state index in [9.17, 15) is 4.79 Å². The van der Waals surface area contributed by atoms with Crippen LogP contribution in [0.4, 0.5) is 4.79 Å². The number of ether oxygens (including phenoxy) is 1. The maximum Gasteiger partial charge on any atom is 0.411 e. The molecule has 0 aliphatic heterocycles. The summed E-state index contributed by atoms with van der Waals surface area (Å²) in [5.74, 6) is 0. The molecule has 0 unspecified atom stereocenters. The summed E-state index contributed by atoms with van der Waals surface area (Å²) in [4.78, 5) is 11.2. The van der Waals surface area contributed by atoms with Crippen LogP contribution in [0.15, 0.2) is 24.0 Å². The predicted molar refractivity (Wildman–Crippen MR) is 56.5 cm³/mol. The van der Waals surface area contributed by atoms with Crippen LogP contribution in [0.25, 0.3) is 0 Å². The maximum absolute atomic E-state index is 11.2. The molecule has 3 N–H and O–H groups in total. The van der Waals surface area contributed by atoms with E-state index in [0.29, 0.717) is 11.4 Å². The van der Waals surface area contributed by atoms with Gasteiger partial charge in [-0.1, -0.05) is 6.58 Å². The summed E-state index contributed by atoms with van der Waals surface area (Å²) in [7, 11) is 0. The molecular weight excluding hydrogens is 180 g/mol. The SMILES string of the molecule is C=C(N)/C=C(\C)NC(=O)OC(C)(C)C. The van der Waals surface area contributed by atoms with Crippen molar-refractivity contribution in [2.24, 2.45) is 5.73 Å². The van der Waals surface area contributed by atoms with E-state index >= 15 is 0 Å². The van der Waals surface area contributed by atoms with Crippen molar-refractivity contribution in [3.63, 3.8) is 0 Å². The number of alkyl carbamates (subject to hydrolysis) is 1. The lowest BCUT2D eigenvalue weighted by atomic mass is 10.2. The molecule has 0 aromatic rings. The number of amides is 1. The molecule has 4 nitrogen and oxygen atoms in total. The minimum Gasteiger partial charge on any atom is -0.444 e. The van der Waals surface area contributed by atoms with Gasteiger partial charge in [0.25, 0.3) is 0 Å². The highest BCUT2D eigenvalue weighted by Crippen LogP contribution is 2.07. The summed E-state index contributed by atoms with van der Waals surface area (Å²) in [6.45, 7) is 10.6. The molecule has 0 heterocycles. The largest absolute Gasteiger partial charge is 0.444 e. The molecule has 0 aromatic carbocycles. The third-order valence-corrected chi connectivity index (χ3v) is 1.10. The van der Waals surface area contributed by atoms with Gasteiger partial charge < -0.3 is 10.5 Å². The Bertz CT molecular complexity index is 262. The Labute approximate surface area is 84.8 Å². The van der Waals surface area contributed by atoms with Crippen molar-refractivity contribution in [3.05, 3.63) is 24.0 Å². The van der Waals surface area contributed by atoms with E-state index in [1.54, 1.807) is 33.8 Å². The average Bonchev–Trinajstić information content (AvgIpc) is 1.77. The summed E-state index contributed by atoms with van der Waals surface area (Å²) in [6, 6.07) is 0. The third-order valence-electron chi connectivity index (χ3n) is 1.10. The Hall–Kier alpha value is -1.45. The molecule has 80 valence electrons. The number of carbonyl (C=O) groups excluding carboxylic acids is 1. The van der Waals surface area contributed by atoms with E-state index in [2.05, 4.69) is 11.9 Å². The van der Waals surface area contributed by atoms with E-state index in [1.165, 1.54) is 0 Å². The number of hydrogen-bond donors (Lipinski definition) is 2. The van der Waals surface area contributed by atoms with Gasteiger partial charge >= 0.3 is 6.09 Å². The highest BCUT2D eigenvalue weighted by molar-refractivity contribution is 5.69. The second-order valence-electron chi connectivity index (χ2n) is 4.03. The van der Waals surface area contributed by atoms with E-state index in [1.807, 2.05) is 0 Å². The van der Waals surface area contributed by atoms with Gasteiger partial charge in [-0.3, -0.25) is 5.32 Å². The highest BCUT2D eigenvalue weighted by Gasteiger charge is 2.15. The summed E-state index contributed by atoms with van der Waals surface area (Å²) >= 11 is 0. The third kappa shape index (κ3) is 7.21. The van der Waals surface area contributed by atoms with Crippen LogP contribution < -0.4 is 11.1 Å². The fourth-order valence-corrected chi connectivity index (χ4v) is 0.779. The van der Waals surface area contributed by atoms with Crippen molar-refractivity contribution in [1.29, 1.82) is 0 Å². The van der Waals surface area contributed by atoms with Crippen molar-refractivity contribution in [1.82, 2.24) is 5.32 Å². The van der Waals surface area contributed by atoms with Gasteiger partial charge in [0, 0.05) is 11.4 Å². The Morgan fingerprint density at radius 3 is 2.36 bits per heavy atom. The molecule has 14 heavy (non-hydrogen) atoms. The minimum atomic E-state index is -0.496. The predicted octanol–water partition coefficient (Wildman–Crippen LogP) is 1.89. The van der Waals surface area contributed by atoms with Crippen molar-refractivity contribution in [2.75, 3.05) is 0 Å². The Morgan fingerprint density at radius 2 is 2.00 bits per heavy atom. The second-order valence-corrected chi connectivity index (χ2v) is 4.03. The van der Waals surface area contributed by atoms with Crippen LogP contribution in [-0.2, 0) is 4.74 Å². The molecule has 0 atom stereocenters. The van der Waals surface area contributed by atoms with Gasteiger partial charge in [0.15, 0.2) is 0 Å². The number of nitrogens with two attached hydrogens (primary N) is 1. The van der Waals surface area contributed by atoms with Gasteiger partial charge in [0.05, 0.1) is 0 Å². The monoisotopic (exact) mass is 198 g/mol. The van der Waals surface area contributed by atoms with Gasteiger partial charge in [-0.15, -0.1) is 0 Å². The van der Waals surface area contributed by atoms with Crippen LogP contribution in [-0.4, -0.2) is 11.7 Å². The lowest BCUT2D eigenvalue weighted by molar-refractivity contribution is 0.0546. The Kier molecular flexibility index (Phi) is 4.21. The van der Waals surface area contributed by atoms with Gasteiger partial charge in [-0.05, 0) is 33.8 Å². The Morgan fingerprint density at radius 1 is 1.50 bits per heavy atom. The summed E-state index contributed by atoms with van der Waals surface area (Å²) in [5, 5.41) is 2.53. The quantitative estimate of drug-likeness (QED) is 0.666. The zero-order chi connectivity index (χ0) is 11.4. The molecule has 0 fully saturated rings.